The van der Waals surface area contributed by atoms with Crippen LogP contribution in [0.25, 0.3) is 0 Å². The van der Waals surface area contributed by atoms with E-state index in [0.29, 0.717) is 12.0 Å². The Morgan fingerprint density at radius 3 is 2.46 bits per heavy atom. The summed E-state index contributed by atoms with van der Waals surface area (Å²) in [6.45, 7) is 4.82. The van der Waals surface area contributed by atoms with E-state index in [4.69, 9.17) is 16.7 Å². The van der Waals surface area contributed by atoms with E-state index in [0.717, 1.165) is 0 Å². The van der Waals surface area contributed by atoms with Gasteiger partial charge in [0, 0.05) is 12.6 Å². The third-order valence-corrected chi connectivity index (χ3v) is 5.23. The van der Waals surface area contributed by atoms with E-state index >= 15 is 0 Å². The normalized spacial score (nSPS) is 13.0. The van der Waals surface area contributed by atoms with Crippen LogP contribution >= 0.6 is 11.6 Å². The van der Waals surface area contributed by atoms with Gasteiger partial charge in [-0.1, -0.05) is 25.4 Å². The number of benzene rings is 1. The standard InChI is InChI=1S/C14H19ClN2O6S/c1-8(2)4-10(14(18)19)7-16-24(22,23)12-6-9(3)5-11(13(12)15)17(20)21/h5-6,8,10,16H,4,7H2,1-3H3,(H,18,19). The highest BCUT2D eigenvalue weighted by molar-refractivity contribution is 7.89. The summed E-state index contributed by atoms with van der Waals surface area (Å²) in [6.07, 6.45) is 0.291. The van der Waals surface area contributed by atoms with Crippen molar-refractivity contribution in [2.24, 2.45) is 11.8 Å². The lowest BCUT2D eigenvalue weighted by Crippen LogP contribution is -2.34. The molecule has 1 rings (SSSR count). The largest absolute Gasteiger partial charge is 0.481 e. The maximum Gasteiger partial charge on any atom is 0.307 e. The molecule has 1 aromatic carbocycles. The monoisotopic (exact) mass is 378 g/mol. The van der Waals surface area contributed by atoms with Crippen LogP contribution in [0, 0.1) is 28.9 Å². The molecule has 2 N–H and O–H groups in total. The van der Waals surface area contributed by atoms with E-state index in [1.807, 2.05) is 13.8 Å². The fourth-order valence-corrected chi connectivity index (χ4v) is 3.91. The molecule has 10 heteroatoms. The second-order valence-corrected chi connectivity index (χ2v) is 7.98. The number of sulfonamides is 1. The molecule has 0 aliphatic carbocycles. The minimum Gasteiger partial charge on any atom is -0.481 e. The number of nitrogens with zero attached hydrogens (tertiary/aromatic N) is 1. The number of carboxylic acid groups (broad SMARTS) is 1. The number of rotatable bonds is 8. The number of nitro benzene ring substituents is 1. The smallest absolute Gasteiger partial charge is 0.307 e. The van der Waals surface area contributed by atoms with Crippen molar-refractivity contribution in [2.75, 3.05) is 6.54 Å². The fourth-order valence-electron chi connectivity index (χ4n) is 2.17. The van der Waals surface area contributed by atoms with E-state index < -0.39 is 42.4 Å². The molecule has 1 atom stereocenters. The lowest BCUT2D eigenvalue weighted by molar-refractivity contribution is -0.385. The van der Waals surface area contributed by atoms with Crippen molar-refractivity contribution in [3.63, 3.8) is 0 Å². The van der Waals surface area contributed by atoms with Gasteiger partial charge in [-0.15, -0.1) is 0 Å². The number of aliphatic carboxylic acids is 1. The van der Waals surface area contributed by atoms with E-state index in [-0.39, 0.29) is 12.5 Å². The molecular formula is C14H19ClN2O6S. The van der Waals surface area contributed by atoms with Crippen LogP contribution in [0.1, 0.15) is 25.8 Å². The molecule has 0 aliphatic rings. The van der Waals surface area contributed by atoms with Crippen LogP contribution in [0.4, 0.5) is 5.69 Å². The Balaban J connectivity index is 3.13. The van der Waals surface area contributed by atoms with Gasteiger partial charge in [0.25, 0.3) is 5.69 Å². The van der Waals surface area contributed by atoms with Gasteiger partial charge in [-0.05, 0) is 30.9 Å². The molecule has 0 spiro atoms. The summed E-state index contributed by atoms with van der Waals surface area (Å²) in [5, 5.41) is 19.6. The van der Waals surface area contributed by atoms with Gasteiger partial charge in [-0.2, -0.15) is 0 Å². The predicted molar refractivity (Wildman–Crippen MR) is 88.6 cm³/mol. The van der Waals surface area contributed by atoms with Crippen molar-refractivity contribution < 1.29 is 23.2 Å². The van der Waals surface area contributed by atoms with Gasteiger partial charge in [0.2, 0.25) is 10.0 Å². The second kappa shape index (κ2) is 7.91. The van der Waals surface area contributed by atoms with E-state index in [2.05, 4.69) is 4.72 Å². The van der Waals surface area contributed by atoms with Crippen molar-refractivity contribution in [1.29, 1.82) is 0 Å². The highest BCUT2D eigenvalue weighted by Crippen LogP contribution is 2.32. The maximum atomic E-state index is 12.4. The molecule has 0 amide bonds. The van der Waals surface area contributed by atoms with Crippen LogP contribution in [0.3, 0.4) is 0 Å². The Morgan fingerprint density at radius 2 is 2.00 bits per heavy atom. The van der Waals surface area contributed by atoms with Crippen LogP contribution in [0.15, 0.2) is 17.0 Å². The van der Waals surface area contributed by atoms with Crippen LogP contribution in [0.5, 0.6) is 0 Å². The average molecular weight is 379 g/mol. The topological polar surface area (TPSA) is 127 Å². The lowest BCUT2D eigenvalue weighted by Gasteiger charge is -2.16. The lowest BCUT2D eigenvalue weighted by atomic mass is 9.98. The molecule has 0 radical (unpaired) electrons. The maximum absolute atomic E-state index is 12.4. The fraction of sp³-hybridized carbons (Fsp3) is 0.500. The minimum absolute atomic E-state index is 0.0687. The third-order valence-electron chi connectivity index (χ3n) is 3.28. The molecule has 0 heterocycles. The Kier molecular flexibility index (Phi) is 6.70. The number of aryl methyl sites for hydroxylation is 1. The average Bonchev–Trinajstić information content (AvgIpc) is 2.44. The zero-order chi connectivity index (χ0) is 18.7. The van der Waals surface area contributed by atoms with Crippen molar-refractivity contribution in [2.45, 2.75) is 32.1 Å². The summed E-state index contributed by atoms with van der Waals surface area (Å²) in [5.41, 5.74) is -0.169. The minimum atomic E-state index is -4.18. The first kappa shape index (κ1) is 20.3. The Morgan fingerprint density at radius 1 is 1.42 bits per heavy atom. The molecule has 1 unspecified atom stereocenters. The predicted octanol–water partition coefficient (Wildman–Crippen LogP) is 2.58. The molecule has 0 aliphatic heterocycles. The van der Waals surface area contributed by atoms with Crippen LogP contribution in [-0.2, 0) is 14.8 Å². The van der Waals surface area contributed by atoms with E-state index in [1.165, 1.54) is 19.1 Å². The van der Waals surface area contributed by atoms with E-state index in [9.17, 15) is 23.3 Å². The summed E-state index contributed by atoms with van der Waals surface area (Å²) >= 11 is 5.85. The van der Waals surface area contributed by atoms with Crippen molar-refractivity contribution in [3.05, 3.63) is 32.8 Å². The Labute approximate surface area is 145 Å². The number of nitro groups is 1. The van der Waals surface area contributed by atoms with Crippen LogP contribution in [0.2, 0.25) is 5.02 Å². The first-order chi connectivity index (χ1) is 11.0. The van der Waals surface area contributed by atoms with Gasteiger partial charge < -0.3 is 5.11 Å². The zero-order valence-electron chi connectivity index (χ0n) is 13.4. The van der Waals surface area contributed by atoms with Crippen molar-refractivity contribution in [3.8, 4) is 0 Å². The highest BCUT2D eigenvalue weighted by atomic mass is 35.5. The number of halogens is 1. The molecule has 134 valence electrons. The molecule has 24 heavy (non-hydrogen) atoms. The summed E-state index contributed by atoms with van der Waals surface area (Å²) in [6, 6.07) is 2.37. The molecule has 8 nitrogen and oxygen atoms in total. The summed E-state index contributed by atoms with van der Waals surface area (Å²) in [7, 11) is -4.18. The third kappa shape index (κ3) is 5.15. The summed E-state index contributed by atoms with van der Waals surface area (Å²) in [5.74, 6) is -1.95. The van der Waals surface area contributed by atoms with Gasteiger partial charge >= 0.3 is 5.97 Å². The number of hydrogen-bond acceptors (Lipinski definition) is 5. The molecule has 1 aromatic rings. The molecule has 0 bridgehead atoms. The first-order valence-corrected chi connectivity index (χ1v) is 8.98. The Hall–Kier alpha value is -1.71. The van der Waals surface area contributed by atoms with Crippen molar-refractivity contribution in [1.82, 2.24) is 4.72 Å². The SMILES string of the molecule is Cc1cc([N+](=O)[O-])c(Cl)c(S(=O)(=O)NCC(CC(C)C)C(=O)O)c1. The van der Waals surface area contributed by atoms with Gasteiger partial charge in [-0.25, -0.2) is 13.1 Å². The highest BCUT2D eigenvalue weighted by Gasteiger charge is 2.28. The quantitative estimate of drug-likeness (QED) is 0.528. The van der Waals surface area contributed by atoms with Gasteiger partial charge in [-0.3, -0.25) is 14.9 Å². The van der Waals surface area contributed by atoms with Gasteiger partial charge in [0.05, 0.1) is 10.8 Å². The number of carbonyl (C=O) groups is 1. The van der Waals surface area contributed by atoms with Crippen LogP contribution < -0.4 is 4.72 Å². The first-order valence-electron chi connectivity index (χ1n) is 7.12. The molecular weight excluding hydrogens is 360 g/mol. The van der Waals surface area contributed by atoms with Crippen molar-refractivity contribution >= 4 is 33.3 Å². The number of hydrogen-bond donors (Lipinski definition) is 2. The van der Waals surface area contributed by atoms with Gasteiger partial charge in [0.1, 0.15) is 9.92 Å². The molecule has 0 saturated carbocycles. The summed E-state index contributed by atoms with van der Waals surface area (Å²) in [4.78, 5) is 20.9. The van der Waals surface area contributed by atoms with Gasteiger partial charge in [0.15, 0.2) is 0 Å². The number of carboxylic acids is 1. The zero-order valence-corrected chi connectivity index (χ0v) is 15.0. The molecule has 0 fully saturated rings. The summed E-state index contributed by atoms with van der Waals surface area (Å²) < 4.78 is 26.9. The molecule has 0 aromatic heterocycles. The number of nitrogens with one attached hydrogen (secondary N) is 1. The Bertz CT molecular complexity index is 748. The molecule has 0 saturated heterocycles. The van der Waals surface area contributed by atoms with E-state index in [1.54, 1.807) is 0 Å². The second-order valence-electron chi connectivity index (χ2n) is 5.87. The van der Waals surface area contributed by atoms with Crippen LogP contribution in [-0.4, -0.2) is 31.0 Å².